The van der Waals surface area contributed by atoms with Crippen LogP contribution in [0.25, 0.3) is 11.1 Å². The van der Waals surface area contributed by atoms with Gasteiger partial charge in [0.25, 0.3) is 11.5 Å². The van der Waals surface area contributed by atoms with Crippen molar-refractivity contribution in [2.75, 3.05) is 0 Å². The quantitative estimate of drug-likeness (QED) is 0.734. The fraction of sp³-hybridized carbons (Fsp3) is 0.250. The van der Waals surface area contributed by atoms with Crippen molar-refractivity contribution < 1.29 is 4.79 Å². The second kappa shape index (κ2) is 7.25. The summed E-state index contributed by atoms with van der Waals surface area (Å²) in [6, 6.07) is 8.78. The molecule has 0 aliphatic heterocycles. The Morgan fingerprint density at radius 3 is 2.50 bits per heavy atom. The van der Waals surface area contributed by atoms with Gasteiger partial charge in [-0.05, 0) is 57.0 Å². The Balaban J connectivity index is 1.78. The molecular weight excluding hydrogens is 346 g/mol. The number of carbonyl (C=O) groups is 1. The summed E-state index contributed by atoms with van der Waals surface area (Å²) in [5, 5.41) is 5.88. The molecule has 3 rings (SSSR count). The second-order valence-electron chi connectivity index (χ2n) is 6.38. The van der Waals surface area contributed by atoms with E-state index < -0.39 is 0 Å². The zero-order valence-corrected chi connectivity index (χ0v) is 16.0. The Kier molecular flexibility index (Phi) is 5.04. The molecule has 2 aromatic heterocycles. The third kappa shape index (κ3) is 3.75. The summed E-state index contributed by atoms with van der Waals surface area (Å²) in [4.78, 5) is 31.9. The van der Waals surface area contributed by atoms with Gasteiger partial charge in [0.2, 0.25) is 0 Å². The van der Waals surface area contributed by atoms with E-state index in [2.05, 4.69) is 15.3 Å². The molecule has 1 amide bonds. The lowest BCUT2D eigenvalue weighted by molar-refractivity contribution is 0.0939. The van der Waals surface area contributed by atoms with Crippen LogP contribution >= 0.6 is 11.3 Å². The minimum absolute atomic E-state index is 0.127. The number of H-pyrrole nitrogens is 1. The monoisotopic (exact) mass is 367 g/mol. The maximum absolute atomic E-state index is 12.4. The van der Waals surface area contributed by atoms with Gasteiger partial charge in [0, 0.05) is 22.2 Å². The average Bonchev–Trinajstić information content (AvgIpc) is 3.05. The lowest BCUT2D eigenvalue weighted by atomic mass is 10.0. The highest BCUT2D eigenvalue weighted by Gasteiger charge is 2.14. The van der Waals surface area contributed by atoms with E-state index in [-0.39, 0.29) is 17.5 Å². The Morgan fingerprint density at radius 1 is 1.19 bits per heavy atom. The highest BCUT2D eigenvalue weighted by atomic mass is 32.1. The number of benzene rings is 1. The summed E-state index contributed by atoms with van der Waals surface area (Å²) < 4.78 is 0. The molecule has 2 heterocycles. The van der Waals surface area contributed by atoms with Crippen LogP contribution in [0.2, 0.25) is 0 Å². The number of nitrogens with one attached hydrogen (secondary N) is 2. The van der Waals surface area contributed by atoms with E-state index >= 15 is 0 Å². The predicted molar refractivity (Wildman–Crippen MR) is 105 cm³/mol. The Hall–Kier alpha value is -2.73. The Morgan fingerprint density at radius 2 is 1.88 bits per heavy atom. The number of hydrogen-bond acceptors (Lipinski definition) is 4. The number of aromatic amines is 1. The van der Waals surface area contributed by atoms with Gasteiger partial charge in [-0.2, -0.15) is 0 Å². The molecule has 0 radical (unpaired) electrons. The molecule has 0 saturated carbocycles. The largest absolute Gasteiger partial charge is 0.344 e. The van der Waals surface area contributed by atoms with Crippen LogP contribution in [0, 0.1) is 20.8 Å². The fourth-order valence-electron chi connectivity index (χ4n) is 2.68. The fourth-order valence-corrected chi connectivity index (χ4v) is 3.38. The van der Waals surface area contributed by atoms with E-state index in [9.17, 15) is 9.59 Å². The molecular formula is C20H21N3O2S. The van der Waals surface area contributed by atoms with Crippen LogP contribution in [-0.4, -0.2) is 15.9 Å². The number of aryl methyl sites for hydroxylation is 3. The number of rotatable bonds is 4. The van der Waals surface area contributed by atoms with E-state index in [1.807, 2.05) is 39.1 Å². The van der Waals surface area contributed by atoms with Crippen LogP contribution in [0.4, 0.5) is 0 Å². The summed E-state index contributed by atoms with van der Waals surface area (Å²) in [7, 11) is 0. The predicted octanol–water partition coefficient (Wildman–Crippen LogP) is 3.91. The van der Waals surface area contributed by atoms with Crippen molar-refractivity contribution in [2.45, 2.75) is 33.7 Å². The van der Waals surface area contributed by atoms with Crippen molar-refractivity contribution in [3.05, 3.63) is 73.6 Å². The van der Waals surface area contributed by atoms with Crippen molar-refractivity contribution in [3.8, 4) is 11.1 Å². The molecule has 0 spiro atoms. The maximum atomic E-state index is 12.4. The summed E-state index contributed by atoms with van der Waals surface area (Å²) in [6.45, 7) is 7.68. The number of thiazole rings is 1. The van der Waals surface area contributed by atoms with Crippen LogP contribution in [0.15, 0.2) is 40.5 Å². The van der Waals surface area contributed by atoms with Crippen LogP contribution in [0.5, 0.6) is 0 Å². The first kappa shape index (κ1) is 18.1. The van der Waals surface area contributed by atoms with Crippen LogP contribution in [0.3, 0.4) is 0 Å². The van der Waals surface area contributed by atoms with Gasteiger partial charge >= 0.3 is 0 Å². The molecule has 0 bridgehead atoms. The highest BCUT2D eigenvalue weighted by molar-refractivity contribution is 7.09. The molecule has 5 nitrogen and oxygen atoms in total. The van der Waals surface area contributed by atoms with Gasteiger partial charge in [-0.15, -0.1) is 11.3 Å². The van der Waals surface area contributed by atoms with E-state index in [0.717, 1.165) is 27.5 Å². The van der Waals surface area contributed by atoms with E-state index in [1.54, 1.807) is 35.6 Å². The first-order valence-electron chi connectivity index (χ1n) is 8.39. The second-order valence-corrected chi connectivity index (χ2v) is 7.45. The molecule has 26 heavy (non-hydrogen) atoms. The Bertz CT molecular complexity index is 1000. The molecule has 6 heteroatoms. The van der Waals surface area contributed by atoms with Crippen molar-refractivity contribution in [1.29, 1.82) is 0 Å². The Labute approximate surface area is 156 Å². The van der Waals surface area contributed by atoms with Gasteiger partial charge < -0.3 is 10.3 Å². The molecule has 2 N–H and O–H groups in total. The molecule has 0 aliphatic rings. The lowest BCUT2D eigenvalue weighted by Gasteiger charge is -2.12. The zero-order valence-electron chi connectivity index (χ0n) is 15.2. The number of amides is 1. The van der Waals surface area contributed by atoms with Crippen LogP contribution < -0.4 is 10.9 Å². The molecule has 1 aromatic carbocycles. The van der Waals surface area contributed by atoms with Gasteiger partial charge in [-0.3, -0.25) is 9.59 Å². The molecule has 0 saturated heterocycles. The average molecular weight is 367 g/mol. The number of aromatic nitrogens is 2. The molecule has 3 aromatic rings. The van der Waals surface area contributed by atoms with Gasteiger partial charge in [0.1, 0.15) is 0 Å². The number of carbonyl (C=O) groups excluding carboxylic acids is 1. The van der Waals surface area contributed by atoms with Crippen molar-refractivity contribution in [3.63, 3.8) is 0 Å². The molecule has 0 aliphatic carbocycles. The van der Waals surface area contributed by atoms with E-state index in [1.165, 1.54) is 0 Å². The first-order chi connectivity index (χ1) is 12.3. The first-order valence-corrected chi connectivity index (χ1v) is 9.27. The minimum Gasteiger partial charge on any atom is -0.344 e. The lowest BCUT2D eigenvalue weighted by Crippen LogP contribution is -2.26. The van der Waals surface area contributed by atoms with Gasteiger partial charge in [-0.1, -0.05) is 12.1 Å². The summed E-state index contributed by atoms with van der Waals surface area (Å²) in [6.07, 6.45) is 0. The highest BCUT2D eigenvalue weighted by Crippen LogP contribution is 2.19. The third-order valence-corrected chi connectivity index (χ3v) is 5.18. The maximum Gasteiger partial charge on any atom is 0.256 e. The van der Waals surface area contributed by atoms with Gasteiger partial charge in [0.05, 0.1) is 16.7 Å². The molecule has 0 unspecified atom stereocenters. The number of hydrogen-bond donors (Lipinski definition) is 2. The SMILES string of the molecule is Cc1nc([C@@H](C)NC(=O)c2ccc(-c3cc(C)c(C)[nH]c3=O)cc2)cs1. The third-order valence-electron chi connectivity index (χ3n) is 4.38. The molecule has 0 fully saturated rings. The molecule has 1 atom stereocenters. The van der Waals surface area contributed by atoms with Crippen molar-refractivity contribution >= 4 is 17.2 Å². The molecule has 134 valence electrons. The van der Waals surface area contributed by atoms with Crippen LogP contribution in [-0.2, 0) is 0 Å². The number of pyridine rings is 1. The summed E-state index contributed by atoms with van der Waals surface area (Å²) in [5.41, 5.74) is 4.56. The van der Waals surface area contributed by atoms with E-state index in [4.69, 9.17) is 0 Å². The van der Waals surface area contributed by atoms with Gasteiger partial charge in [0.15, 0.2) is 0 Å². The van der Waals surface area contributed by atoms with Crippen molar-refractivity contribution in [1.82, 2.24) is 15.3 Å². The minimum atomic E-state index is -0.163. The van der Waals surface area contributed by atoms with Gasteiger partial charge in [-0.25, -0.2) is 4.98 Å². The topological polar surface area (TPSA) is 74.8 Å². The zero-order chi connectivity index (χ0) is 18.8. The number of nitrogens with zero attached hydrogens (tertiary/aromatic N) is 1. The van der Waals surface area contributed by atoms with E-state index in [0.29, 0.717) is 11.1 Å². The summed E-state index contributed by atoms with van der Waals surface area (Å²) >= 11 is 1.56. The normalized spacial score (nSPS) is 12.0. The van der Waals surface area contributed by atoms with Crippen molar-refractivity contribution in [2.24, 2.45) is 0 Å². The van der Waals surface area contributed by atoms with Crippen LogP contribution in [0.1, 0.15) is 45.3 Å². The smallest absolute Gasteiger partial charge is 0.256 e. The standard InChI is InChI=1S/C20H21N3O2S/c1-11-9-17(20(25)21-12(11)2)15-5-7-16(8-6-15)19(24)22-13(3)18-10-26-14(4)23-18/h5-10,13H,1-4H3,(H,21,25)(H,22,24)/t13-/m1/s1. The summed E-state index contributed by atoms with van der Waals surface area (Å²) in [5.74, 6) is -0.163.